The fourth-order valence-electron chi connectivity index (χ4n) is 4.01. The zero-order valence-corrected chi connectivity index (χ0v) is 24.3. The summed E-state index contributed by atoms with van der Waals surface area (Å²) in [5, 5.41) is 1.97. The van der Waals surface area contributed by atoms with Gasteiger partial charge in [-0.1, -0.05) is 6.07 Å². The summed E-state index contributed by atoms with van der Waals surface area (Å²) < 4.78 is 57.3. The van der Waals surface area contributed by atoms with Gasteiger partial charge in [-0.2, -0.15) is 4.31 Å². The number of sulfonamides is 1. The fraction of sp³-hybridized carbons (Fsp3) is 0.393. The quantitative estimate of drug-likeness (QED) is 0.247. The summed E-state index contributed by atoms with van der Waals surface area (Å²) in [6.07, 6.45) is 0.935. The molecule has 212 valence electrons. The SMILES string of the molecule is COCCCN(CC(=O)N(CCc1ccc(OC)c(OC)c1)Cc1sccc1C)S(=O)(=O)c1ccc(F)cc1. The predicted molar refractivity (Wildman–Crippen MR) is 149 cm³/mol. The molecule has 0 spiro atoms. The van der Waals surface area contributed by atoms with Gasteiger partial charge < -0.3 is 19.1 Å². The molecule has 0 N–H and O–H groups in total. The lowest BCUT2D eigenvalue weighted by atomic mass is 10.1. The molecule has 11 heteroatoms. The van der Waals surface area contributed by atoms with Gasteiger partial charge in [-0.05, 0) is 78.7 Å². The maximum Gasteiger partial charge on any atom is 0.243 e. The Balaban J connectivity index is 1.85. The minimum absolute atomic E-state index is 0.0694. The van der Waals surface area contributed by atoms with E-state index in [1.807, 2.05) is 36.6 Å². The second kappa shape index (κ2) is 14.4. The van der Waals surface area contributed by atoms with E-state index in [4.69, 9.17) is 14.2 Å². The summed E-state index contributed by atoms with van der Waals surface area (Å²) in [5.74, 6) is 0.341. The van der Waals surface area contributed by atoms with Crippen molar-refractivity contribution in [3.63, 3.8) is 0 Å². The molecule has 8 nitrogen and oxygen atoms in total. The highest BCUT2D eigenvalue weighted by Gasteiger charge is 2.29. The number of rotatable bonds is 15. The number of methoxy groups -OCH3 is 3. The topological polar surface area (TPSA) is 85.4 Å². The highest BCUT2D eigenvalue weighted by Crippen LogP contribution is 2.28. The predicted octanol–water partition coefficient (Wildman–Crippen LogP) is 4.51. The number of thiophene rings is 1. The van der Waals surface area contributed by atoms with Crippen molar-refractivity contribution in [1.29, 1.82) is 0 Å². The molecule has 0 unspecified atom stereocenters. The molecule has 3 rings (SSSR count). The van der Waals surface area contributed by atoms with Crippen LogP contribution in [0.1, 0.15) is 22.4 Å². The highest BCUT2D eigenvalue weighted by molar-refractivity contribution is 7.89. The Morgan fingerprint density at radius 2 is 1.69 bits per heavy atom. The lowest BCUT2D eigenvalue weighted by Gasteiger charge is -2.27. The fourth-order valence-corrected chi connectivity index (χ4v) is 6.36. The van der Waals surface area contributed by atoms with Crippen molar-refractivity contribution in [2.45, 2.75) is 31.2 Å². The molecule has 0 bridgehead atoms. The molecule has 0 atom stereocenters. The molecule has 0 aliphatic carbocycles. The van der Waals surface area contributed by atoms with E-state index in [0.29, 0.717) is 44.0 Å². The molecule has 0 saturated heterocycles. The van der Waals surface area contributed by atoms with E-state index in [1.54, 1.807) is 30.5 Å². The second-order valence-corrected chi connectivity index (χ2v) is 11.9. The van der Waals surface area contributed by atoms with Crippen LogP contribution < -0.4 is 9.47 Å². The van der Waals surface area contributed by atoms with Crippen LogP contribution in [0.15, 0.2) is 58.8 Å². The Bertz CT molecular complexity index is 1330. The number of nitrogens with zero attached hydrogens (tertiary/aromatic N) is 2. The van der Waals surface area contributed by atoms with Gasteiger partial charge in [0.15, 0.2) is 11.5 Å². The second-order valence-electron chi connectivity index (χ2n) is 8.92. The van der Waals surface area contributed by atoms with Gasteiger partial charge in [0.25, 0.3) is 0 Å². The van der Waals surface area contributed by atoms with E-state index < -0.39 is 15.8 Å². The number of amides is 1. The van der Waals surface area contributed by atoms with Crippen LogP contribution in [0.3, 0.4) is 0 Å². The Labute approximate surface area is 234 Å². The molecular weight excluding hydrogens is 543 g/mol. The first-order valence-electron chi connectivity index (χ1n) is 12.5. The number of hydrogen-bond acceptors (Lipinski definition) is 7. The highest BCUT2D eigenvalue weighted by atomic mass is 32.2. The molecular formula is C28H35FN2O6S2. The molecule has 3 aromatic rings. The molecule has 0 aliphatic heterocycles. The van der Waals surface area contributed by atoms with E-state index in [1.165, 1.54) is 19.2 Å². The maximum atomic E-state index is 13.7. The monoisotopic (exact) mass is 578 g/mol. The Kier molecular flexibility index (Phi) is 11.3. The number of halogens is 1. The zero-order valence-electron chi connectivity index (χ0n) is 22.7. The molecule has 0 saturated carbocycles. The van der Waals surface area contributed by atoms with Crippen molar-refractivity contribution < 1.29 is 31.8 Å². The number of aryl methyl sites for hydroxylation is 1. The summed E-state index contributed by atoms with van der Waals surface area (Å²) >= 11 is 1.55. The van der Waals surface area contributed by atoms with Crippen molar-refractivity contribution >= 4 is 27.3 Å². The summed E-state index contributed by atoms with van der Waals surface area (Å²) in [5.41, 5.74) is 2.02. The van der Waals surface area contributed by atoms with Crippen LogP contribution in [-0.4, -0.2) is 71.1 Å². The van der Waals surface area contributed by atoms with Crippen LogP contribution in [0.2, 0.25) is 0 Å². The van der Waals surface area contributed by atoms with Crippen LogP contribution in [0.5, 0.6) is 11.5 Å². The van der Waals surface area contributed by atoms with E-state index in [2.05, 4.69) is 0 Å². The van der Waals surface area contributed by atoms with Crippen molar-refractivity contribution in [3.05, 3.63) is 75.7 Å². The normalized spacial score (nSPS) is 11.5. The summed E-state index contributed by atoms with van der Waals surface area (Å²) in [4.78, 5) is 16.3. The van der Waals surface area contributed by atoms with Crippen LogP contribution >= 0.6 is 11.3 Å². The first-order valence-corrected chi connectivity index (χ1v) is 14.8. The standard InChI is InChI=1S/C28H35FN2O6S2/c1-21-13-17-38-27(21)19-30(15-12-22-6-11-25(36-3)26(18-22)37-4)28(32)20-31(14-5-16-35-2)39(33,34)24-9-7-23(29)8-10-24/h6-11,13,17-18H,5,12,14-16,19-20H2,1-4H3. The number of ether oxygens (including phenoxy) is 3. The first-order chi connectivity index (χ1) is 18.7. The van der Waals surface area contributed by atoms with Gasteiger partial charge in [-0.15, -0.1) is 11.3 Å². The van der Waals surface area contributed by atoms with Crippen molar-refractivity contribution in [1.82, 2.24) is 9.21 Å². The number of carbonyl (C=O) groups is 1. The Hall–Kier alpha value is -2.99. The van der Waals surface area contributed by atoms with E-state index in [9.17, 15) is 17.6 Å². The van der Waals surface area contributed by atoms with Gasteiger partial charge in [-0.25, -0.2) is 12.8 Å². The molecule has 0 fully saturated rings. The van der Waals surface area contributed by atoms with Gasteiger partial charge in [0, 0.05) is 31.7 Å². The minimum atomic E-state index is -4.05. The van der Waals surface area contributed by atoms with Crippen LogP contribution in [0.25, 0.3) is 0 Å². The molecule has 0 radical (unpaired) electrons. The van der Waals surface area contributed by atoms with Crippen LogP contribution in [-0.2, 0) is 32.5 Å². The van der Waals surface area contributed by atoms with Crippen LogP contribution in [0.4, 0.5) is 4.39 Å². The number of benzene rings is 2. The smallest absolute Gasteiger partial charge is 0.243 e. The van der Waals surface area contributed by atoms with Crippen molar-refractivity contribution in [2.75, 3.05) is 47.6 Å². The lowest BCUT2D eigenvalue weighted by Crippen LogP contribution is -2.43. The third-order valence-electron chi connectivity index (χ3n) is 6.29. The molecule has 1 aromatic heterocycles. The molecule has 1 amide bonds. The third kappa shape index (κ3) is 8.25. The molecule has 39 heavy (non-hydrogen) atoms. The van der Waals surface area contributed by atoms with Gasteiger partial charge in [0.2, 0.25) is 15.9 Å². The average molecular weight is 579 g/mol. The van der Waals surface area contributed by atoms with Gasteiger partial charge in [0.1, 0.15) is 5.82 Å². The lowest BCUT2D eigenvalue weighted by molar-refractivity contribution is -0.132. The summed E-state index contributed by atoms with van der Waals surface area (Å²) in [6, 6.07) is 12.2. The average Bonchev–Trinajstić information content (AvgIpc) is 3.34. The Morgan fingerprint density at radius 1 is 0.974 bits per heavy atom. The zero-order chi connectivity index (χ0) is 28.4. The maximum absolute atomic E-state index is 13.7. The summed E-state index contributed by atoms with van der Waals surface area (Å²) in [7, 11) is 0.621. The van der Waals surface area contributed by atoms with Gasteiger partial charge >= 0.3 is 0 Å². The number of carbonyl (C=O) groups excluding carboxylic acids is 1. The van der Waals surface area contributed by atoms with Gasteiger partial charge in [0.05, 0.1) is 32.2 Å². The molecule has 2 aromatic carbocycles. The largest absolute Gasteiger partial charge is 0.493 e. The van der Waals surface area contributed by atoms with Gasteiger partial charge in [-0.3, -0.25) is 4.79 Å². The van der Waals surface area contributed by atoms with Crippen molar-refractivity contribution in [2.24, 2.45) is 0 Å². The molecule has 0 aliphatic rings. The van der Waals surface area contributed by atoms with E-state index >= 15 is 0 Å². The minimum Gasteiger partial charge on any atom is -0.493 e. The van der Waals surface area contributed by atoms with Crippen LogP contribution in [0, 0.1) is 12.7 Å². The van der Waals surface area contributed by atoms with E-state index in [-0.39, 0.29) is 23.9 Å². The summed E-state index contributed by atoms with van der Waals surface area (Å²) in [6.45, 7) is 2.78. The van der Waals surface area contributed by atoms with E-state index in [0.717, 1.165) is 32.4 Å². The Morgan fingerprint density at radius 3 is 2.31 bits per heavy atom. The van der Waals surface area contributed by atoms with Crippen molar-refractivity contribution in [3.8, 4) is 11.5 Å². The number of hydrogen-bond donors (Lipinski definition) is 0. The first kappa shape index (κ1) is 30.6. The molecule has 1 heterocycles. The third-order valence-corrected chi connectivity index (χ3v) is 9.16.